The Morgan fingerprint density at radius 2 is 2.10 bits per heavy atom. The number of hydrogen-bond acceptors (Lipinski definition) is 3. The van der Waals surface area contributed by atoms with Gasteiger partial charge in [-0.1, -0.05) is 17.4 Å². The molecule has 0 atom stereocenters. The fourth-order valence-corrected chi connectivity index (χ4v) is 2.20. The molecule has 0 unspecified atom stereocenters. The zero-order chi connectivity index (χ0) is 15.1. The highest BCUT2D eigenvalue weighted by Gasteiger charge is 2.28. The summed E-state index contributed by atoms with van der Waals surface area (Å²) in [6.07, 6.45) is 1.70. The summed E-state index contributed by atoms with van der Waals surface area (Å²) < 4.78 is 0. The summed E-state index contributed by atoms with van der Waals surface area (Å²) >= 11 is 0. The molecule has 1 aromatic rings. The molecular formula is C15H15NO4. The van der Waals surface area contributed by atoms with E-state index in [2.05, 4.69) is 16.8 Å². The van der Waals surface area contributed by atoms with Gasteiger partial charge < -0.3 is 15.2 Å². The highest BCUT2D eigenvalue weighted by molar-refractivity contribution is 6.18. The van der Waals surface area contributed by atoms with Gasteiger partial charge in [-0.15, -0.1) is 0 Å². The number of hydrogen-bond donors (Lipinski definition) is 3. The van der Waals surface area contributed by atoms with Gasteiger partial charge in [0.2, 0.25) is 0 Å². The van der Waals surface area contributed by atoms with Crippen molar-refractivity contribution in [2.45, 2.75) is 32.8 Å². The fourth-order valence-electron chi connectivity index (χ4n) is 2.20. The molecule has 0 saturated heterocycles. The van der Waals surface area contributed by atoms with Crippen molar-refractivity contribution in [1.29, 1.82) is 0 Å². The first-order valence-corrected chi connectivity index (χ1v) is 6.14. The molecule has 3 N–H and O–H groups in total. The predicted octanol–water partition coefficient (Wildman–Crippen LogP) is 0.911. The number of carboxylic acids is 1. The molecular weight excluding hydrogens is 258 g/mol. The van der Waals surface area contributed by atoms with E-state index in [0.29, 0.717) is 28.7 Å². The van der Waals surface area contributed by atoms with Crippen LogP contribution in [0.1, 0.15) is 37.5 Å². The van der Waals surface area contributed by atoms with Crippen LogP contribution in [0, 0.1) is 11.8 Å². The first-order valence-electron chi connectivity index (χ1n) is 6.14. The van der Waals surface area contributed by atoms with Crippen molar-refractivity contribution in [3.63, 3.8) is 0 Å². The number of carbonyl (C=O) groups is 1. The van der Waals surface area contributed by atoms with Gasteiger partial charge in [0.1, 0.15) is 5.60 Å². The van der Waals surface area contributed by atoms with Gasteiger partial charge in [0.05, 0.1) is 5.57 Å². The minimum Gasteiger partial charge on any atom is -0.478 e. The molecule has 5 nitrogen and oxygen atoms in total. The average Bonchev–Trinajstić information content (AvgIpc) is 2.65. The summed E-state index contributed by atoms with van der Waals surface area (Å²) in [5, 5.41) is 18.9. The summed E-state index contributed by atoms with van der Waals surface area (Å²) in [7, 11) is 0. The Kier molecular flexibility index (Phi) is 3.28. The number of pyridine rings is 1. The summed E-state index contributed by atoms with van der Waals surface area (Å²) in [5.74, 6) is 4.31. The molecule has 0 aliphatic heterocycles. The quantitative estimate of drug-likeness (QED) is 0.663. The molecule has 0 aromatic carbocycles. The zero-order valence-electron chi connectivity index (χ0n) is 11.5. The molecule has 5 heteroatoms. The largest absolute Gasteiger partial charge is 0.478 e. The van der Waals surface area contributed by atoms with Crippen LogP contribution in [0.5, 0.6) is 0 Å². The minimum atomic E-state index is -1.19. The van der Waals surface area contributed by atoms with Gasteiger partial charge in [-0.25, -0.2) is 4.79 Å². The monoisotopic (exact) mass is 273 g/mol. The van der Waals surface area contributed by atoms with E-state index < -0.39 is 11.6 Å². The normalized spacial score (nSPS) is 13.8. The van der Waals surface area contributed by atoms with Crippen LogP contribution in [0.25, 0.3) is 5.57 Å². The Bertz CT molecular complexity index is 736. The van der Waals surface area contributed by atoms with Gasteiger partial charge in [0.15, 0.2) is 0 Å². The third-order valence-electron chi connectivity index (χ3n) is 3.03. The Morgan fingerprint density at radius 1 is 1.45 bits per heavy atom. The maximum atomic E-state index is 11.8. The molecule has 1 heterocycles. The maximum Gasteiger partial charge on any atom is 0.336 e. The van der Waals surface area contributed by atoms with Crippen molar-refractivity contribution in [3.8, 4) is 11.8 Å². The highest BCUT2D eigenvalue weighted by atomic mass is 16.4. The number of H-pyrrole nitrogens is 1. The van der Waals surface area contributed by atoms with E-state index in [-0.39, 0.29) is 11.1 Å². The Hall–Kier alpha value is -2.32. The van der Waals surface area contributed by atoms with Crippen molar-refractivity contribution in [1.82, 2.24) is 4.98 Å². The lowest BCUT2D eigenvalue weighted by atomic mass is 10.0. The zero-order valence-corrected chi connectivity index (χ0v) is 11.5. The third-order valence-corrected chi connectivity index (χ3v) is 3.03. The lowest BCUT2D eigenvalue weighted by Gasteiger charge is -2.08. The Morgan fingerprint density at radius 3 is 2.65 bits per heavy atom. The van der Waals surface area contributed by atoms with Gasteiger partial charge in [0, 0.05) is 29.3 Å². The number of aliphatic carboxylic acids is 1. The molecule has 0 amide bonds. The van der Waals surface area contributed by atoms with Crippen molar-refractivity contribution in [3.05, 3.63) is 38.8 Å². The smallest absolute Gasteiger partial charge is 0.336 e. The van der Waals surface area contributed by atoms with Crippen molar-refractivity contribution in [2.75, 3.05) is 0 Å². The fraction of sp³-hybridized carbons (Fsp3) is 0.333. The predicted molar refractivity (Wildman–Crippen MR) is 74.2 cm³/mol. The number of aromatic nitrogens is 1. The van der Waals surface area contributed by atoms with Crippen LogP contribution in [0.15, 0.2) is 16.6 Å². The van der Waals surface area contributed by atoms with Gasteiger partial charge in [-0.05, 0) is 20.8 Å². The van der Waals surface area contributed by atoms with E-state index in [0.717, 1.165) is 0 Å². The van der Waals surface area contributed by atoms with Crippen molar-refractivity contribution in [2.24, 2.45) is 0 Å². The number of aliphatic hydroxyl groups is 1. The molecule has 2 rings (SSSR count). The van der Waals surface area contributed by atoms with E-state index in [1.165, 1.54) is 20.0 Å². The first-order chi connectivity index (χ1) is 9.20. The number of carboxylic acid groups (broad SMARTS) is 1. The van der Waals surface area contributed by atoms with Crippen molar-refractivity contribution >= 4 is 11.5 Å². The number of rotatable bonds is 1. The summed E-state index contributed by atoms with van der Waals surface area (Å²) in [4.78, 5) is 25.7. The van der Waals surface area contributed by atoms with E-state index >= 15 is 0 Å². The Labute approximate surface area is 116 Å². The van der Waals surface area contributed by atoms with Crippen LogP contribution in [-0.2, 0) is 11.2 Å². The number of nitrogens with one attached hydrogen (secondary N) is 1. The van der Waals surface area contributed by atoms with E-state index in [4.69, 9.17) is 0 Å². The second-order valence-electron chi connectivity index (χ2n) is 5.33. The number of fused-ring (bicyclic) bond motifs is 1. The van der Waals surface area contributed by atoms with Crippen LogP contribution in [0.4, 0.5) is 0 Å². The standard InChI is InChI=1S/C15H15NO4/c1-8-6-10-12(11(8)14(18)19)9(7-16-13(10)17)4-5-15(2,3)20/h7,20H,6H2,1-3H3,(H,16,17)(H,18,19). The van der Waals surface area contributed by atoms with E-state index in [9.17, 15) is 19.8 Å². The minimum absolute atomic E-state index is 0.131. The van der Waals surface area contributed by atoms with Gasteiger partial charge >= 0.3 is 5.97 Å². The van der Waals surface area contributed by atoms with Crippen LogP contribution in [-0.4, -0.2) is 26.8 Å². The van der Waals surface area contributed by atoms with Gasteiger partial charge in [-0.3, -0.25) is 4.79 Å². The molecule has 1 aliphatic carbocycles. The molecule has 20 heavy (non-hydrogen) atoms. The van der Waals surface area contributed by atoms with Crippen LogP contribution in [0.2, 0.25) is 0 Å². The van der Waals surface area contributed by atoms with Gasteiger partial charge in [-0.2, -0.15) is 0 Å². The first kappa shape index (κ1) is 14.1. The summed E-state index contributed by atoms with van der Waals surface area (Å²) in [6.45, 7) is 4.76. The number of allylic oxidation sites excluding steroid dienone is 1. The summed E-state index contributed by atoms with van der Waals surface area (Å²) in [6, 6.07) is 0. The third kappa shape index (κ3) is 2.51. The molecule has 0 spiro atoms. The lowest BCUT2D eigenvalue weighted by molar-refractivity contribution is -0.130. The van der Waals surface area contributed by atoms with Crippen molar-refractivity contribution < 1.29 is 15.0 Å². The molecule has 0 fully saturated rings. The molecule has 0 saturated carbocycles. The second kappa shape index (κ2) is 4.66. The second-order valence-corrected chi connectivity index (χ2v) is 5.33. The molecule has 1 aromatic heterocycles. The van der Waals surface area contributed by atoms with E-state index in [1.54, 1.807) is 6.92 Å². The summed E-state index contributed by atoms with van der Waals surface area (Å²) in [5.41, 5.74) is 0.476. The molecule has 1 aliphatic rings. The maximum absolute atomic E-state index is 11.8. The van der Waals surface area contributed by atoms with Crippen LogP contribution < -0.4 is 5.56 Å². The van der Waals surface area contributed by atoms with Gasteiger partial charge in [0.25, 0.3) is 5.56 Å². The number of aromatic amines is 1. The SMILES string of the molecule is CC1=C(C(=O)O)c2c(C#CC(C)(C)O)c[nH]c(=O)c2C1. The topological polar surface area (TPSA) is 90.4 Å². The average molecular weight is 273 g/mol. The lowest BCUT2D eigenvalue weighted by Crippen LogP contribution is -2.16. The van der Waals surface area contributed by atoms with Crippen LogP contribution in [0.3, 0.4) is 0 Å². The molecule has 104 valence electrons. The molecule has 0 radical (unpaired) electrons. The van der Waals surface area contributed by atoms with E-state index in [1.807, 2.05) is 0 Å². The highest BCUT2D eigenvalue weighted by Crippen LogP contribution is 2.32. The van der Waals surface area contributed by atoms with Crippen LogP contribution >= 0.6 is 0 Å². The Balaban J connectivity index is 2.70. The molecule has 0 bridgehead atoms.